The first-order chi connectivity index (χ1) is 9.90. The molecule has 0 bridgehead atoms. The van der Waals surface area contributed by atoms with Gasteiger partial charge in [0.1, 0.15) is 0 Å². The number of hydrogen-bond donors (Lipinski definition) is 2. The maximum atomic E-state index is 9.82. The molecule has 0 aromatic rings. The highest BCUT2D eigenvalue weighted by Crippen LogP contribution is 2.40. The molecule has 21 heavy (non-hydrogen) atoms. The van der Waals surface area contributed by atoms with Gasteiger partial charge >= 0.3 is 0 Å². The lowest BCUT2D eigenvalue weighted by Gasteiger charge is -2.43. The van der Waals surface area contributed by atoms with E-state index in [1.54, 1.807) is 0 Å². The molecule has 3 heteroatoms. The predicted octanol–water partition coefficient (Wildman–Crippen LogP) is 2.88. The van der Waals surface area contributed by atoms with E-state index < -0.39 is 0 Å². The molecule has 2 fully saturated rings. The van der Waals surface area contributed by atoms with E-state index in [-0.39, 0.29) is 6.10 Å². The summed E-state index contributed by atoms with van der Waals surface area (Å²) in [4.78, 5) is 2.62. The van der Waals surface area contributed by atoms with Crippen molar-refractivity contribution in [2.75, 3.05) is 26.2 Å². The minimum Gasteiger partial charge on any atom is -0.393 e. The normalized spacial score (nSPS) is 36.3. The van der Waals surface area contributed by atoms with Crippen molar-refractivity contribution in [3.63, 3.8) is 0 Å². The third-order valence-corrected chi connectivity index (χ3v) is 5.62. The summed E-state index contributed by atoms with van der Waals surface area (Å²) in [7, 11) is 0. The van der Waals surface area contributed by atoms with E-state index >= 15 is 0 Å². The van der Waals surface area contributed by atoms with Crippen molar-refractivity contribution in [2.45, 2.75) is 71.9 Å². The summed E-state index contributed by atoms with van der Waals surface area (Å²) in [6.45, 7) is 13.5. The van der Waals surface area contributed by atoms with Crippen molar-refractivity contribution < 1.29 is 5.11 Å². The zero-order valence-electron chi connectivity index (χ0n) is 14.6. The highest BCUT2D eigenvalue weighted by atomic mass is 16.3. The lowest BCUT2D eigenvalue weighted by molar-refractivity contribution is 0.0787. The fraction of sp³-hybridized carbons (Fsp3) is 1.00. The summed E-state index contributed by atoms with van der Waals surface area (Å²) in [6, 6.07) is 0.572. The van der Waals surface area contributed by atoms with Crippen LogP contribution in [0, 0.1) is 17.3 Å². The van der Waals surface area contributed by atoms with Crippen molar-refractivity contribution in [1.29, 1.82) is 0 Å². The molecule has 1 saturated carbocycles. The molecule has 0 spiro atoms. The van der Waals surface area contributed by atoms with Crippen LogP contribution in [-0.4, -0.2) is 48.3 Å². The quantitative estimate of drug-likeness (QED) is 0.791. The standard InChI is InChI=1S/C18H36N2O/c1-14(2)19-12-18(8-5-6-15(3)10-18)13-20-9-7-17(11-20)16(4)21/h14-17,19,21H,5-13H2,1-4H3. The van der Waals surface area contributed by atoms with E-state index in [1.807, 2.05) is 6.92 Å². The van der Waals surface area contributed by atoms with Crippen molar-refractivity contribution in [2.24, 2.45) is 17.3 Å². The largest absolute Gasteiger partial charge is 0.393 e. The number of aliphatic hydroxyl groups is 1. The van der Waals surface area contributed by atoms with Gasteiger partial charge in [0, 0.05) is 25.7 Å². The number of hydrogen-bond acceptors (Lipinski definition) is 3. The minimum atomic E-state index is -0.148. The lowest BCUT2D eigenvalue weighted by Crippen LogP contribution is -2.47. The molecule has 4 unspecified atom stereocenters. The van der Waals surface area contributed by atoms with Crippen LogP contribution < -0.4 is 5.32 Å². The van der Waals surface area contributed by atoms with Crippen LogP contribution in [0.15, 0.2) is 0 Å². The van der Waals surface area contributed by atoms with E-state index in [4.69, 9.17) is 0 Å². The van der Waals surface area contributed by atoms with Crippen LogP contribution in [0.5, 0.6) is 0 Å². The van der Waals surface area contributed by atoms with Gasteiger partial charge in [0.15, 0.2) is 0 Å². The first-order valence-corrected chi connectivity index (χ1v) is 9.04. The summed E-state index contributed by atoms with van der Waals surface area (Å²) >= 11 is 0. The zero-order valence-corrected chi connectivity index (χ0v) is 14.6. The van der Waals surface area contributed by atoms with Gasteiger partial charge in [0.25, 0.3) is 0 Å². The van der Waals surface area contributed by atoms with Gasteiger partial charge in [0.05, 0.1) is 6.10 Å². The SMILES string of the molecule is CC1CCCC(CNC(C)C)(CN2CCC(C(C)O)C2)C1. The Balaban J connectivity index is 1.95. The van der Waals surface area contributed by atoms with Gasteiger partial charge < -0.3 is 15.3 Å². The summed E-state index contributed by atoms with van der Waals surface area (Å²) in [6.07, 6.45) is 6.54. The third-order valence-electron chi connectivity index (χ3n) is 5.62. The average molecular weight is 296 g/mol. The highest BCUT2D eigenvalue weighted by Gasteiger charge is 2.38. The van der Waals surface area contributed by atoms with E-state index in [0.717, 1.165) is 19.0 Å². The first kappa shape index (κ1) is 17.2. The molecule has 124 valence electrons. The summed E-state index contributed by atoms with van der Waals surface area (Å²) in [5.41, 5.74) is 0.454. The van der Waals surface area contributed by atoms with Gasteiger partial charge in [-0.15, -0.1) is 0 Å². The van der Waals surface area contributed by atoms with Crippen LogP contribution in [0.25, 0.3) is 0 Å². The van der Waals surface area contributed by atoms with Crippen molar-refractivity contribution in [3.05, 3.63) is 0 Å². The molecule has 0 radical (unpaired) electrons. The Bertz CT molecular complexity index is 318. The summed E-state index contributed by atoms with van der Waals surface area (Å²) in [5, 5.41) is 13.5. The van der Waals surface area contributed by atoms with E-state index in [2.05, 4.69) is 31.0 Å². The van der Waals surface area contributed by atoms with Gasteiger partial charge in [-0.25, -0.2) is 0 Å². The third kappa shape index (κ3) is 4.94. The molecular weight excluding hydrogens is 260 g/mol. The van der Waals surface area contributed by atoms with Crippen molar-refractivity contribution in [3.8, 4) is 0 Å². The Labute approximate surface area is 131 Å². The van der Waals surface area contributed by atoms with Crippen LogP contribution >= 0.6 is 0 Å². The molecular formula is C18H36N2O. The van der Waals surface area contributed by atoms with Crippen LogP contribution in [0.2, 0.25) is 0 Å². The van der Waals surface area contributed by atoms with Crippen molar-refractivity contribution >= 4 is 0 Å². The molecule has 0 aromatic heterocycles. The summed E-state index contributed by atoms with van der Waals surface area (Å²) in [5.74, 6) is 1.35. The van der Waals surface area contributed by atoms with E-state index in [9.17, 15) is 5.11 Å². The Kier molecular flexibility index (Phi) is 6.10. The minimum absolute atomic E-state index is 0.148. The predicted molar refractivity (Wildman–Crippen MR) is 89.4 cm³/mol. The number of rotatable bonds is 6. The second kappa shape index (κ2) is 7.43. The Morgan fingerprint density at radius 3 is 2.62 bits per heavy atom. The number of likely N-dealkylation sites (tertiary alicyclic amines) is 1. The lowest BCUT2D eigenvalue weighted by atomic mass is 9.69. The maximum Gasteiger partial charge on any atom is 0.0552 e. The fourth-order valence-electron chi connectivity index (χ4n) is 4.42. The Morgan fingerprint density at radius 2 is 2.05 bits per heavy atom. The Morgan fingerprint density at radius 1 is 1.29 bits per heavy atom. The van der Waals surface area contributed by atoms with Gasteiger partial charge in [-0.3, -0.25) is 0 Å². The second-order valence-corrected chi connectivity index (χ2v) is 8.26. The first-order valence-electron chi connectivity index (χ1n) is 9.04. The Hall–Kier alpha value is -0.120. The van der Waals surface area contributed by atoms with Gasteiger partial charge in [-0.05, 0) is 50.0 Å². The molecule has 0 amide bonds. The molecule has 2 N–H and O–H groups in total. The average Bonchev–Trinajstić information content (AvgIpc) is 2.85. The highest BCUT2D eigenvalue weighted by molar-refractivity contribution is 4.92. The number of aliphatic hydroxyl groups excluding tert-OH is 1. The van der Waals surface area contributed by atoms with Gasteiger partial charge in [0.2, 0.25) is 0 Å². The van der Waals surface area contributed by atoms with Crippen LogP contribution in [0.3, 0.4) is 0 Å². The maximum absolute atomic E-state index is 9.82. The van der Waals surface area contributed by atoms with E-state index in [0.29, 0.717) is 17.4 Å². The molecule has 1 aliphatic heterocycles. The molecule has 3 nitrogen and oxygen atoms in total. The van der Waals surface area contributed by atoms with Crippen LogP contribution in [0.1, 0.15) is 59.8 Å². The zero-order chi connectivity index (χ0) is 15.5. The molecule has 1 saturated heterocycles. The molecule has 0 aromatic carbocycles. The van der Waals surface area contributed by atoms with Gasteiger partial charge in [-0.2, -0.15) is 0 Å². The topological polar surface area (TPSA) is 35.5 Å². The molecule has 2 aliphatic rings. The fourth-order valence-corrected chi connectivity index (χ4v) is 4.42. The monoisotopic (exact) mass is 296 g/mol. The number of nitrogens with zero attached hydrogens (tertiary/aromatic N) is 1. The smallest absolute Gasteiger partial charge is 0.0552 e. The molecule has 4 atom stereocenters. The van der Waals surface area contributed by atoms with Crippen molar-refractivity contribution in [1.82, 2.24) is 10.2 Å². The molecule has 2 rings (SSSR count). The second-order valence-electron chi connectivity index (χ2n) is 8.26. The molecule has 1 aliphatic carbocycles. The van der Waals surface area contributed by atoms with Gasteiger partial charge in [-0.1, -0.05) is 33.6 Å². The van der Waals surface area contributed by atoms with Crippen LogP contribution in [-0.2, 0) is 0 Å². The summed E-state index contributed by atoms with van der Waals surface area (Å²) < 4.78 is 0. The van der Waals surface area contributed by atoms with E-state index in [1.165, 1.54) is 45.2 Å². The molecule has 1 heterocycles. The van der Waals surface area contributed by atoms with Crippen LogP contribution in [0.4, 0.5) is 0 Å². The number of nitrogens with one attached hydrogen (secondary N) is 1.